The van der Waals surface area contributed by atoms with Crippen LogP contribution >= 0.6 is 0 Å². The molecule has 0 unspecified atom stereocenters. The van der Waals surface area contributed by atoms with Gasteiger partial charge in [0, 0.05) is 34.9 Å². The highest BCUT2D eigenvalue weighted by atomic mass is 16.3. The van der Waals surface area contributed by atoms with E-state index in [1.807, 2.05) is 30.8 Å². The number of aliphatic hydroxyl groups is 2. The average Bonchev–Trinajstić information content (AvgIpc) is 2.68. The molecule has 3 aromatic heterocycles. The van der Waals surface area contributed by atoms with Crippen molar-refractivity contribution in [2.45, 2.75) is 51.8 Å². The lowest BCUT2D eigenvalue weighted by atomic mass is 9.97. The summed E-state index contributed by atoms with van der Waals surface area (Å²) in [7, 11) is 3.46. The first-order valence-electron chi connectivity index (χ1n) is 9.90. The van der Waals surface area contributed by atoms with E-state index in [9.17, 15) is 9.59 Å². The van der Waals surface area contributed by atoms with E-state index in [-0.39, 0.29) is 31.9 Å². The molecule has 1 aliphatic carbocycles. The molecule has 9 nitrogen and oxygen atoms in total. The Balaban J connectivity index is 0.000000468. The van der Waals surface area contributed by atoms with Gasteiger partial charge in [0.15, 0.2) is 11.2 Å². The SMILES string of the molecule is Cc1ccc(Cn2c3c(=O)n(CCCO)c(=O)n(C)c3n2C)nc1.OC1CCC1.[HH]. The first kappa shape index (κ1) is 21.1. The Morgan fingerprint density at radius 1 is 1.24 bits per heavy atom. The largest absolute Gasteiger partial charge is 0.396 e. The van der Waals surface area contributed by atoms with Crippen LogP contribution in [0, 0.1) is 6.92 Å². The topological polar surface area (TPSA) is 107 Å². The van der Waals surface area contributed by atoms with Crippen molar-refractivity contribution in [1.82, 2.24) is 23.5 Å². The van der Waals surface area contributed by atoms with E-state index >= 15 is 0 Å². The molecule has 1 saturated carbocycles. The van der Waals surface area contributed by atoms with Gasteiger partial charge >= 0.3 is 5.69 Å². The van der Waals surface area contributed by atoms with Crippen molar-refractivity contribution in [3.05, 3.63) is 50.4 Å². The van der Waals surface area contributed by atoms with Crippen LogP contribution in [0.1, 0.15) is 38.4 Å². The van der Waals surface area contributed by atoms with Gasteiger partial charge in [-0.2, -0.15) is 0 Å². The highest BCUT2D eigenvalue weighted by Gasteiger charge is 2.21. The molecule has 0 amide bonds. The van der Waals surface area contributed by atoms with Crippen molar-refractivity contribution in [2.75, 3.05) is 6.61 Å². The zero-order chi connectivity index (χ0) is 21.1. The summed E-state index contributed by atoms with van der Waals surface area (Å²) in [6.45, 7) is 2.56. The fourth-order valence-corrected chi connectivity index (χ4v) is 3.30. The molecule has 0 aliphatic heterocycles. The Morgan fingerprint density at radius 3 is 2.45 bits per heavy atom. The van der Waals surface area contributed by atoms with Crippen molar-refractivity contribution in [3.63, 3.8) is 0 Å². The minimum atomic E-state index is -0.368. The molecule has 29 heavy (non-hydrogen) atoms. The number of hydrogen-bond acceptors (Lipinski definition) is 5. The summed E-state index contributed by atoms with van der Waals surface area (Å²) in [4.78, 5) is 29.4. The fourth-order valence-electron chi connectivity index (χ4n) is 3.30. The smallest absolute Gasteiger partial charge is 0.332 e. The summed E-state index contributed by atoms with van der Waals surface area (Å²) in [6.07, 6.45) is 5.54. The highest BCUT2D eigenvalue weighted by molar-refractivity contribution is 5.73. The number of aryl methyl sites for hydroxylation is 3. The molecule has 1 fully saturated rings. The molecule has 3 aromatic rings. The van der Waals surface area contributed by atoms with Crippen LogP contribution < -0.4 is 11.2 Å². The van der Waals surface area contributed by atoms with Gasteiger partial charge in [0.1, 0.15) is 0 Å². The van der Waals surface area contributed by atoms with E-state index in [2.05, 4.69) is 4.98 Å². The first-order valence-corrected chi connectivity index (χ1v) is 9.90. The van der Waals surface area contributed by atoms with E-state index in [1.165, 1.54) is 15.6 Å². The monoisotopic (exact) mass is 405 g/mol. The summed E-state index contributed by atoms with van der Waals surface area (Å²) in [5, 5.41) is 17.4. The Morgan fingerprint density at radius 2 is 1.93 bits per heavy atom. The lowest BCUT2D eigenvalue weighted by molar-refractivity contribution is 0.0950. The van der Waals surface area contributed by atoms with Gasteiger partial charge in [-0.25, -0.2) is 4.79 Å². The molecule has 0 atom stereocenters. The lowest BCUT2D eigenvalue weighted by Crippen LogP contribution is -2.44. The van der Waals surface area contributed by atoms with E-state index in [1.54, 1.807) is 17.9 Å². The number of rotatable bonds is 5. The summed E-state index contributed by atoms with van der Waals surface area (Å²) < 4.78 is 6.24. The van der Waals surface area contributed by atoms with Crippen LogP contribution in [0.3, 0.4) is 0 Å². The third-order valence-corrected chi connectivity index (χ3v) is 5.32. The molecular weight excluding hydrogens is 374 g/mol. The van der Waals surface area contributed by atoms with Crippen LogP contribution in [0.15, 0.2) is 27.9 Å². The van der Waals surface area contributed by atoms with Crippen LogP contribution in [0.4, 0.5) is 0 Å². The molecule has 1 aliphatic rings. The molecule has 9 heteroatoms. The van der Waals surface area contributed by atoms with Gasteiger partial charge in [-0.15, -0.1) is 0 Å². The van der Waals surface area contributed by atoms with E-state index in [4.69, 9.17) is 10.2 Å². The van der Waals surface area contributed by atoms with Crippen molar-refractivity contribution >= 4 is 11.2 Å². The molecular formula is C20H31N5O4. The maximum absolute atomic E-state index is 12.7. The van der Waals surface area contributed by atoms with Crippen LogP contribution in [0.25, 0.3) is 11.2 Å². The summed E-state index contributed by atoms with van der Waals surface area (Å²) in [5.74, 6) is 0. The van der Waals surface area contributed by atoms with Crippen molar-refractivity contribution in [1.29, 1.82) is 0 Å². The molecule has 4 rings (SSSR count). The minimum absolute atomic E-state index is 0. The summed E-state index contributed by atoms with van der Waals surface area (Å²) in [6, 6.07) is 3.90. The Kier molecular flexibility index (Phi) is 6.39. The normalized spacial score (nSPS) is 14.0. The molecule has 0 spiro atoms. The number of pyridine rings is 1. The second-order valence-corrected chi connectivity index (χ2v) is 7.54. The zero-order valence-corrected chi connectivity index (χ0v) is 17.2. The Hall–Kier alpha value is -2.65. The third kappa shape index (κ3) is 4.20. The van der Waals surface area contributed by atoms with Gasteiger partial charge in [-0.3, -0.25) is 28.3 Å². The highest BCUT2D eigenvalue weighted by Crippen LogP contribution is 2.16. The minimum Gasteiger partial charge on any atom is -0.396 e. The second kappa shape index (κ2) is 8.79. The molecule has 0 aromatic carbocycles. The van der Waals surface area contributed by atoms with E-state index in [0.29, 0.717) is 24.1 Å². The number of fused-ring (bicyclic) bond motifs is 1. The van der Waals surface area contributed by atoms with Crippen molar-refractivity contribution in [2.24, 2.45) is 14.1 Å². The van der Waals surface area contributed by atoms with Crippen molar-refractivity contribution < 1.29 is 11.6 Å². The Labute approximate surface area is 169 Å². The fraction of sp³-hybridized carbons (Fsp3) is 0.550. The molecule has 3 heterocycles. The predicted octanol–water partition coefficient (Wildman–Crippen LogP) is 0.752. The van der Waals surface area contributed by atoms with Crippen LogP contribution in [-0.4, -0.2) is 46.4 Å². The number of hydrogen-bond donors (Lipinski definition) is 2. The van der Waals surface area contributed by atoms with Gasteiger partial charge in [-0.05, 0) is 44.2 Å². The molecule has 160 valence electrons. The second-order valence-electron chi connectivity index (χ2n) is 7.54. The molecule has 0 saturated heterocycles. The summed E-state index contributed by atoms with van der Waals surface area (Å²) in [5.41, 5.74) is 2.30. The van der Waals surface area contributed by atoms with Gasteiger partial charge in [0.25, 0.3) is 5.56 Å². The van der Waals surface area contributed by atoms with Gasteiger partial charge in [-0.1, -0.05) is 6.07 Å². The number of aliphatic hydroxyl groups excluding tert-OH is 2. The average molecular weight is 405 g/mol. The molecule has 0 radical (unpaired) electrons. The first-order chi connectivity index (χ1) is 13.8. The number of aromatic nitrogens is 5. The molecule has 0 bridgehead atoms. The van der Waals surface area contributed by atoms with Crippen LogP contribution in [0.2, 0.25) is 0 Å². The summed E-state index contributed by atoms with van der Waals surface area (Å²) >= 11 is 0. The zero-order valence-electron chi connectivity index (χ0n) is 17.2. The van der Waals surface area contributed by atoms with Gasteiger partial charge in [0.2, 0.25) is 0 Å². The predicted molar refractivity (Wildman–Crippen MR) is 112 cm³/mol. The van der Waals surface area contributed by atoms with Gasteiger partial charge < -0.3 is 10.2 Å². The van der Waals surface area contributed by atoms with Crippen LogP contribution in [-0.2, 0) is 27.2 Å². The standard InChI is InChI=1S/C16H21N5O3.C4H8O.H2/c1-11-5-6-12(17-9-11)10-21-13-14(19(21)3)18(2)16(24)20(15(13)23)7-4-8-22;5-4-2-1-3-4;/h5-6,9,22H,4,7-8,10H2,1-3H3;4-5H,1-3H2;1H. The maximum Gasteiger partial charge on any atom is 0.332 e. The molecule has 2 N–H and O–H groups in total. The maximum atomic E-state index is 12.7. The lowest BCUT2D eigenvalue weighted by Gasteiger charge is -2.25. The van der Waals surface area contributed by atoms with Gasteiger partial charge in [0.05, 0.1) is 18.3 Å². The quantitative estimate of drug-likeness (QED) is 0.651. The van der Waals surface area contributed by atoms with E-state index < -0.39 is 0 Å². The van der Waals surface area contributed by atoms with Crippen molar-refractivity contribution in [3.8, 4) is 0 Å². The Bertz CT molecular complexity index is 1090. The van der Waals surface area contributed by atoms with Crippen LogP contribution in [0.5, 0.6) is 0 Å². The number of nitrogens with zero attached hydrogens (tertiary/aromatic N) is 5. The van der Waals surface area contributed by atoms with E-state index in [0.717, 1.165) is 24.1 Å². The third-order valence-electron chi connectivity index (χ3n) is 5.32.